The van der Waals surface area contributed by atoms with E-state index in [9.17, 15) is 21.2 Å². The average Bonchev–Trinajstić information content (AvgIpc) is 2.04. The van der Waals surface area contributed by atoms with Crippen LogP contribution in [0.5, 0.6) is 0 Å². The summed E-state index contributed by atoms with van der Waals surface area (Å²) in [5.74, 6) is -0.758. The van der Waals surface area contributed by atoms with Crippen LogP contribution in [0.3, 0.4) is 0 Å². The van der Waals surface area contributed by atoms with Gasteiger partial charge in [0.2, 0.25) is 16.0 Å². The van der Waals surface area contributed by atoms with E-state index < -0.39 is 30.9 Å². The Morgan fingerprint density at radius 1 is 1.31 bits per heavy atom. The van der Waals surface area contributed by atoms with Crippen LogP contribution < -0.4 is 4.72 Å². The maximum Gasteiger partial charge on any atom is 0.247 e. The van der Waals surface area contributed by atoms with E-state index in [1.54, 1.807) is 0 Å². The largest absolute Gasteiger partial charge is 0.281 e. The van der Waals surface area contributed by atoms with Gasteiger partial charge in [-0.25, -0.2) is 21.8 Å². The lowest BCUT2D eigenvalue weighted by Gasteiger charge is -2.05. The first-order valence-corrected chi connectivity index (χ1v) is 7.69. The summed E-state index contributed by atoms with van der Waals surface area (Å²) in [5, 5.41) is -1.03. The Labute approximate surface area is 92.5 Å². The van der Waals surface area contributed by atoms with Crippen LogP contribution in [0, 0.1) is 5.95 Å². The lowest BCUT2D eigenvalue weighted by atomic mass is 10.4. The molecule has 0 saturated heterocycles. The number of hydrogen-bond acceptors (Lipinski definition) is 5. The van der Waals surface area contributed by atoms with E-state index in [4.69, 9.17) is 0 Å². The Balaban J connectivity index is 2.85. The number of nitrogens with one attached hydrogen (secondary N) is 1. The molecular weight excluding hydrogens is 259 g/mol. The van der Waals surface area contributed by atoms with Crippen LogP contribution in [0.15, 0.2) is 18.3 Å². The van der Waals surface area contributed by atoms with Crippen molar-refractivity contribution in [2.24, 2.45) is 0 Å². The monoisotopic (exact) mass is 268 g/mol. The molecular formula is C7H9FN2O4S2. The quantitative estimate of drug-likeness (QED) is 0.774. The molecule has 0 atom stereocenters. The summed E-state index contributed by atoms with van der Waals surface area (Å²) in [5.41, 5.74) is 0.00468. The molecule has 9 heteroatoms. The molecule has 0 radical (unpaired) electrons. The summed E-state index contributed by atoms with van der Waals surface area (Å²) in [6.45, 7) is 0. The number of hydrogen-bond donors (Lipinski definition) is 1. The van der Waals surface area contributed by atoms with Crippen molar-refractivity contribution >= 4 is 25.5 Å². The molecule has 6 nitrogen and oxygen atoms in total. The summed E-state index contributed by atoms with van der Waals surface area (Å²) in [6, 6.07) is 2.10. The summed E-state index contributed by atoms with van der Waals surface area (Å²) in [7, 11) is -7.66. The van der Waals surface area contributed by atoms with Gasteiger partial charge in [-0.3, -0.25) is 4.72 Å². The molecule has 0 spiro atoms. The van der Waals surface area contributed by atoms with Gasteiger partial charge in [-0.15, -0.1) is 0 Å². The third-order valence-electron chi connectivity index (χ3n) is 1.37. The molecule has 0 aliphatic heterocycles. The van der Waals surface area contributed by atoms with E-state index in [0.717, 1.165) is 24.6 Å². The first-order chi connectivity index (χ1) is 7.18. The number of nitrogens with zero attached hydrogens (tertiary/aromatic N) is 1. The highest BCUT2D eigenvalue weighted by Crippen LogP contribution is 2.08. The topological polar surface area (TPSA) is 93.2 Å². The molecule has 1 aromatic rings. The summed E-state index contributed by atoms with van der Waals surface area (Å²) in [6.07, 6.45) is 1.75. The SMILES string of the molecule is CS(=O)(=O)CS(=O)(=O)Nc1ccc(F)nc1. The molecule has 1 aromatic heterocycles. The molecule has 1 rings (SSSR count). The molecule has 0 bridgehead atoms. The minimum atomic E-state index is -4.01. The van der Waals surface area contributed by atoms with Gasteiger partial charge in [0.05, 0.1) is 11.9 Å². The number of rotatable bonds is 4. The van der Waals surface area contributed by atoms with E-state index in [1.807, 2.05) is 4.72 Å². The fourth-order valence-corrected chi connectivity index (χ4v) is 3.90. The summed E-state index contributed by atoms with van der Waals surface area (Å²) in [4.78, 5) is 3.22. The van der Waals surface area contributed by atoms with Gasteiger partial charge < -0.3 is 0 Å². The van der Waals surface area contributed by atoms with Crippen LogP contribution in [0.4, 0.5) is 10.1 Å². The van der Waals surface area contributed by atoms with Gasteiger partial charge in [0.1, 0.15) is 0 Å². The van der Waals surface area contributed by atoms with Crippen molar-refractivity contribution in [1.82, 2.24) is 4.98 Å². The van der Waals surface area contributed by atoms with Crippen molar-refractivity contribution in [2.45, 2.75) is 0 Å². The molecule has 16 heavy (non-hydrogen) atoms. The highest BCUT2D eigenvalue weighted by Gasteiger charge is 2.18. The van der Waals surface area contributed by atoms with Gasteiger partial charge in [0.15, 0.2) is 14.9 Å². The molecule has 0 unspecified atom stereocenters. The van der Waals surface area contributed by atoms with E-state index in [2.05, 4.69) is 4.98 Å². The third-order valence-corrected chi connectivity index (χ3v) is 4.87. The molecule has 0 fully saturated rings. The number of halogens is 1. The third kappa shape index (κ3) is 4.53. The van der Waals surface area contributed by atoms with Gasteiger partial charge >= 0.3 is 0 Å². The smallest absolute Gasteiger partial charge is 0.247 e. The molecule has 0 aromatic carbocycles. The zero-order chi connectivity index (χ0) is 12.4. The fourth-order valence-electron chi connectivity index (χ4n) is 0.927. The summed E-state index contributed by atoms with van der Waals surface area (Å²) >= 11 is 0. The van der Waals surface area contributed by atoms with Crippen molar-refractivity contribution in [2.75, 3.05) is 16.1 Å². The van der Waals surface area contributed by atoms with Crippen LogP contribution in [-0.4, -0.2) is 33.2 Å². The molecule has 90 valence electrons. The number of aromatic nitrogens is 1. The number of anilines is 1. The number of sulfone groups is 1. The predicted octanol–water partition coefficient (Wildman–Crippen LogP) is -0.0355. The van der Waals surface area contributed by atoms with Crippen LogP contribution in [0.25, 0.3) is 0 Å². The predicted molar refractivity (Wildman–Crippen MR) is 56.4 cm³/mol. The van der Waals surface area contributed by atoms with Crippen molar-refractivity contribution in [3.05, 3.63) is 24.3 Å². The standard InChI is InChI=1S/C7H9FN2O4S2/c1-15(11,12)5-16(13,14)10-6-2-3-7(8)9-4-6/h2-4,10H,5H2,1H3. The first-order valence-electron chi connectivity index (χ1n) is 3.98. The highest BCUT2D eigenvalue weighted by molar-refractivity contribution is 8.08. The van der Waals surface area contributed by atoms with E-state index in [1.165, 1.54) is 0 Å². The zero-order valence-corrected chi connectivity index (χ0v) is 9.85. The van der Waals surface area contributed by atoms with Crippen molar-refractivity contribution in [3.8, 4) is 0 Å². The minimum Gasteiger partial charge on any atom is -0.281 e. The van der Waals surface area contributed by atoms with E-state index >= 15 is 0 Å². The minimum absolute atomic E-state index is 0.00468. The Kier molecular flexibility index (Phi) is 3.48. The Hall–Kier alpha value is -1.22. The maximum atomic E-state index is 12.4. The van der Waals surface area contributed by atoms with Crippen LogP contribution in [0.1, 0.15) is 0 Å². The normalized spacial score (nSPS) is 12.4. The van der Waals surface area contributed by atoms with E-state index in [-0.39, 0.29) is 5.69 Å². The molecule has 0 aliphatic carbocycles. The molecule has 0 aliphatic rings. The van der Waals surface area contributed by atoms with Gasteiger partial charge in [-0.1, -0.05) is 0 Å². The lowest BCUT2D eigenvalue weighted by Crippen LogP contribution is -2.22. The van der Waals surface area contributed by atoms with Crippen molar-refractivity contribution in [3.63, 3.8) is 0 Å². The molecule has 1 heterocycles. The second kappa shape index (κ2) is 4.34. The summed E-state index contributed by atoms with van der Waals surface area (Å²) < 4.78 is 58.5. The average molecular weight is 268 g/mol. The van der Waals surface area contributed by atoms with Gasteiger partial charge in [-0.2, -0.15) is 4.39 Å². The Morgan fingerprint density at radius 3 is 2.38 bits per heavy atom. The Bertz CT molecular complexity index is 565. The number of sulfonamides is 1. The van der Waals surface area contributed by atoms with Gasteiger partial charge in [-0.05, 0) is 12.1 Å². The van der Waals surface area contributed by atoms with Gasteiger partial charge in [0, 0.05) is 6.26 Å². The van der Waals surface area contributed by atoms with Crippen molar-refractivity contribution < 1.29 is 21.2 Å². The highest BCUT2D eigenvalue weighted by atomic mass is 32.3. The zero-order valence-electron chi connectivity index (χ0n) is 8.21. The van der Waals surface area contributed by atoms with Crippen molar-refractivity contribution in [1.29, 1.82) is 0 Å². The fraction of sp³-hybridized carbons (Fsp3) is 0.286. The molecule has 1 N–H and O–H groups in total. The maximum absolute atomic E-state index is 12.4. The van der Waals surface area contributed by atoms with Crippen LogP contribution >= 0.6 is 0 Å². The molecule has 0 saturated carbocycles. The van der Waals surface area contributed by atoms with Gasteiger partial charge in [0.25, 0.3) is 0 Å². The van der Waals surface area contributed by atoms with E-state index in [0.29, 0.717) is 0 Å². The molecule has 0 amide bonds. The Morgan fingerprint density at radius 2 is 1.94 bits per heavy atom. The lowest BCUT2D eigenvalue weighted by molar-refractivity contribution is 0.583. The van der Waals surface area contributed by atoms with Crippen LogP contribution in [0.2, 0.25) is 0 Å². The second-order valence-corrected chi connectivity index (χ2v) is 7.36. The second-order valence-electron chi connectivity index (χ2n) is 3.13. The first kappa shape index (κ1) is 12.8. The number of pyridine rings is 1. The van der Waals surface area contributed by atoms with Crippen LogP contribution in [-0.2, 0) is 19.9 Å².